The van der Waals surface area contributed by atoms with Gasteiger partial charge in [-0.1, -0.05) is 272 Å². The van der Waals surface area contributed by atoms with E-state index in [4.69, 9.17) is 37.0 Å². The van der Waals surface area contributed by atoms with Crippen LogP contribution >= 0.6 is 15.6 Å². The number of hydrogen-bond acceptors (Lipinski definition) is 15. The molecule has 0 aliphatic heterocycles. The van der Waals surface area contributed by atoms with Gasteiger partial charge in [0.25, 0.3) is 0 Å². The third-order valence-electron chi connectivity index (χ3n) is 15.7. The molecule has 3 N–H and O–H groups in total. The van der Waals surface area contributed by atoms with E-state index in [1.165, 1.54) is 64.2 Å². The summed E-state index contributed by atoms with van der Waals surface area (Å²) in [6, 6.07) is 0. The maximum absolute atomic E-state index is 13.1. The normalized spacial score (nSPS) is 14.6. The Balaban J connectivity index is 5.34. The van der Waals surface area contributed by atoms with E-state index < -0.39 is 97.5 Å². The van der Waals surface area contributed by atoms with Crippen molar-refractivity contribution in [3.05, 3.63) is 109 Å². The van der Waals surface area contributed by atoms with Gasteiger partial charge in [0.05, 0.1) is 26.4 Å². The minimum Gasteiger partial charge on any atom is -0.462 e. The molecule has 0 heterocycles. The van der Waals surface area contributed by atoms with Crippen LogP contribution in [0.1, 0.15) is 310 Å². The fourth-order valence-corrected chi connectivity index (χ4v) is 11.5. The number of carbonyl (C=O) groups excluding carboxylic acids is 4. The fourth-order valence-electron chi connectivity index (χ4n) is 9.95. The maximum Gasteiger partial charge on any atom is 0.472 e. The Morgan fingerprint density at radius 3 is 0.867 bits per heavy atom. The van der Waals surface area contributed by atoms with Crippen LogP contribution in [0.25, 0.3) is 0 Å². The van der Waals surface area contributed by atoms with Crippen molar-refractivity contribution < 1.29 is 80.2 Å². The summed E-state index contributed by atoms with van der Waals surface area (Å²) in [5.74, 6) is -2.23. The SMILES string of the molecule is CC/C=C\C/C=C\C/C=C\C/C=C\C/C=C\CCCCCC(=O)OCC(COP(=O)(O)OCC(O)COP(=O)(O)OCC(COC(=O)CCCCCCC/C=C\C/C=C\C/C=C\CC)OC(=O)CCCCCCC/C=C\CCCC)OC(=O)CCCCCCCCCCCCCCC. The number of aliphatic hydroxyl groups excluding tert-OH is 1. The van der Waals surface area contributed by atoms with Gasteiger partial charge in [0.1, 0.15) is 19.3 Å². The van der Waals surface area contributed by atoms with E-state index in [1.807, 2.05) is 0 Å². The van der Waals surface area contributed by atoms with E-state index in [9.17, 15) is 43.2 Å². The number of allylic oxidation sites excluding steroid dienone is 18. The van der Waals surface area contributed by atoms with Crippen molar-refractivity contribution >= 4 is 39.5 Å². The smallest absolute Gasteiger partial charge is 0.462 e. The third kappa shape index (κ3) is 70.2. The summed E-state index contributed by atoms with van der Waals surface area (Å²) in [6.07, 6.45) is 75.1. The van der Waals surface area contributed by atoms with Crippen LogP contribution in [0, 0.1) is 0 Å². The lowest BCUT2D eigenvalue weighted by Crippen LogP contribution is -2.30. The Hall–Kier alpha value is -4.28. The summed E-state index contributed by atoms with van der Waals surface area (Å²) in [6.45, 7) is 4.55. The third-order valence-corrected chi connectivity index (χ3v) is 17.6. The molecule has 0 aromatic heterocycles. The molecule has 5 unspecified atom stereocenters. The summed E-state index contributed by atoms with van der Waals surface area (Å²) in [4.78, 5) is 72.8. The summed E-state index contributed by atoms with van der Waals surface area (Å²) in [5, 5.41) is 10.6. The highest BCUT2D eigenvalue weighted by atomic mass is 31.2. The Morgan fingerprint density at radius 1 is 0.296 bits per heavy atom. The van der Waals surface area contributed by atoms with E-state index >= 15 is 0 Å². The molecule has 0 amide bonds. The van der Waals surface area contributed by atoms with Gasteiger partial charge in [-0.15, -0.1) is 0 Å². The molecular formula is C79H136O17P2. The summed E-state index contributed by atoms with van der Waals surface area (Å²) in [7, 11) is -9.96. The van der Waals surface area contributed by atoms with Crippen LogP contribution in [0.5, 0.6) is 0 Å². The Labute approximate surface area is 594 Å². The molecule has 0 saturated heterocycles. The van der Waals surface area contributed by atoms with Gasteiger partial charge in [0.15, 0.2) is 12.2 Å². The molecule has 0 radical (unpaired) electrons. The number of rotatable bonds is 71. The highest BCUT2D eigenvalue weighted by Gasteiger charge is 2.30. The van der Waals surface area contributed by atoms with Gasteiger partial charge < -0.3 is 33.8 Å². The van der Waals surface area contributed by atoms with Crippen molar-refractivity contribution in [1.82, 2.24) is 0 Å². The van der Waals surface area contributed by atoms with Gasteiger partial charge in [-0.05, 0) is 122 Å². The van der Waals surface area contributed by atoms with E-state index in [1.54, 1.807) is 0 Å². The molecule has 17 nitrogen and oxygen atoms in total. The second-order valence-electron chi connectivity index (χ2n) is 25.2. The number of hydrogen-bond donors (Lipinski definition) is 3. The molecule has 19 heteroatoms. The quantitative estimate of drug-likeness (QED) is 0.0169. The van der Waals surface area contributed by atoms with Crippen molar-refractivity contribution in [2.75, 3.05) is 39.6 Å². The van der Waals surface area contributed by atoms with Crippen molar-refractivity contribution in [2.24, 2.45) is 0 Å². The molecule has 0 fully saturated rings. The number of phosphoric ester groups is 2. The molecule has 0 spiro atoms. The number of unbranched alkanes of at least 4 members (excludes halogenated alkanes) is 27. The van der Waals surface area contributed by atoms with Crippen LogP contribution in [-0.2, 0) is 65.4 Å². The first-order valence-electron chi connectivity index (χ1n) is 38.1. The summed E-state index contributed by atoms with van der Waals surface area (Å²) >= 11 is 0. The first kappa shape index (κ1) is 93.7. The zero-order valence-corrected chi connectivity index (χ0v) is 63.2. The van der Waals surface area contributed by atoms with Crippen LogP contribution in [0.15, 0.2) is 109 Å². The minimum absolute atomic E-state index is 0.0795. The molecular weight excluding hydrogens is 1280 g/mol. The topological polar surface area (TPSA) is 237 Å². The zero-order chi connectivity index (χ0) is 71.8. The van der Waals surface area contributed by atoms with Crippen LogP contribution < -0.4 is 0 Å². The highest BCUT2D eigenvalue weighted by molar-refractivity contribution is 7.47. The molecule has 0 aliphatic rings. The predicted molar refractivity (Wildman–Crippen MR) is 399 cm³/mol. The molecule has 0 aliphatic carbocycles. The van der Waals surface area contributed by atoms with Gasteiger partial charge in [0, 0.05) is 25.7 Å². The maximum atomic E-state index is 13.1. The highest BCUT2D eigenvalue weighted by Crippen LogP contribution is 2.45. The monoisotopic (exact) mass is 1420 g/mol. The Bertz CT molecular complexity index is 2290. The first-order chi connectivity index (χ1) is 47.7. The standard InChI is InChI=1S/C79H136O17P2/c1-5-9-13-17-21-25-29-32-34-35-36-37-39-42-45-48-52-56-60-64-77(82)90-70-75(96-79(84)66-62-58-54-50-46-40-31-27-23-19-15-11-7-3)72-94-98(87,88)92-68-73(80)67-91-97(85,86)93-71-74(95-78(83)65-61-57-53-49-43-28-24-20-16-12-8-4)69-89-76(81)63-59-55-51-47-44-41-38-33-30-26-22-18-14-10-6-2/h9-10,13-14,20-22,24-26,32-34,36-38,42,45,73-75,80H,5-8,11-12,15-19,23,27-31,35,39-41,43-44,46-72H2,1-4H3,(H,85,86)(H,87,88)/b13-9-,14-10-,24-20-,25-21-,26-22-,34-32-,37-36-,38-33-,45-42-. The number of aliphatic hydroxyl groups is 1. The van der Waals surface area contributed by atoms with E-state index in [2.05, 4.69) is 137 Å². The van der Waals surface area contributed by atoms with E-state index in [0.29, 0.717) is 25.7 Å². The van der Waals surface area contributed by atoms with Gasteiger partial charge in [-0.2, -0.15) is 0 Å². The van der Waals surface area contributed by atoms with Crippen LogP contribution in [-0.4, -0.2) is 96.7 Å². The lowest BCUT2D eigenvalue weighted by Gasteiger charge is -2.21. The van der Waals surface area contributed by atoms with E-state index in [-0.39, 0.29) is 25.7 Å². The van der Waals surface area contributed by atoms with E-state index in [0.717, 1.165) is 167 Å². The van der Waals surface area contributed by atoms with Gasteiger partial charge in [-0.3, -0.25) is 37.3 Å². The molecule has 564 valence electrons. The average molecular weight is 1420 g/mol. The second-order valence-corrected chi connectivity index (χ2v) is 28.1. The largest absolute Gasteiger partial charge is 0.472 e. The first-order valence-corrected chi connectivity index (χ1v) is 41.1. The Kier molecular flexibility index (Phi) is 68.0. The van der Waals surface area contributed by atoms with Gasteiger partial charge in [0.2, 0.25) is 0 Å². The fraction of sp³-hybridized carbons (Fsp3) is 0.722. The minimum atomic E-state index is -4.98. The number of carbonyl (C=O) groups is 4. The van der Waals surface area contributed by atoms with Gasteiger partial charge >= 0.3 is 39.5 Å². The van der Waals surface area contributed by atoms with Gasteiger partial charge in [-0.25, -0.2) is 9.13 Å². The van der Waals surface area contributed by atoms with Crippen LogP contribution in [0.4, 0.5) is 0 Å². The lowest BCUT2D eigenvalue weighted by molar-refractivity contribution is -0.161. The van der Waals surface area contributed by atoms with Crippen molar-refractivity contribution in [2.45, 2.75) is 329 Å². The summed E-state index contributed by atoms with van der Waals surface area (Å²) in [5.41, 5.74) is 0. The zero-order valence-electron chi connectivity index (χ0n) is 61.4. The number of esters is 4. The van der Waals surface area contributed by atoms with Crippen LogP contribution in [0.2, 0.25) is 0 Å². The molecule has 0 aromatic rings. The average Bonchev–Trinajstić information content (AvgIpc) is 0.972. The molecule has 98 heavy (non-hydrogen) atoms. The Morgan fingerprint density at radius 2 is 0.541 bits per heavy atom. The lowest BCUT2D eigenvalue weighted by atomic mass is 10.0. The summed E-state index contributed by atoms with van der Waals surface area (Å²) < 4.78 is 68.4. The van der Waals surface area contributed by atoms with Crippen molar-refractivity contribution in [3.63, 3.8) is 0 Å². The molecule has 0 saturated carbocycles. The number of phosphoric acid groups is 2. The predicted octanol–water partition coefficient (Wildman–Crippen LogP) is 21.8. The molecule has 5 atom stereocenters. The van der Waals surface area contributed by atoms with Crippen molar-refractivity contribution in [1.29, 1.82) is 0 Å². The second kappa shape index (κ2) is 71.1. The van der Waals surface area contributed by atoms with Crippen LogP contribution in [0.3, 0.4) is 0 Å². The molecule has 0 aromatic carbocycles. The molecule has 0 bridgehead atoms. The van der Waals surface area contributed by atoms with Crippen molar-refractivity contribution in [3.8, 4) is 0 Å². The molecule has 0 rings (SSSR count). The number of ether oxygens (including phenoxy) is 4.